The minimum absolute atomic E-state index is 0.0859. The van der Waals surface area contributed by atoms with Crippen molar-refractivity contribution < 1.29 is 5.11 Å². The Bertz CT molecular complexity index is 553. The van der Waals surface area contributed by atoms with E-state index in [1.807, 2.05) is 24.3 Å². The SMILES string of the molecule is CC(C)(C)c1cc(-c2ccccc2)cc(Br)c1O. The second-order valence-electron chi connectivity index (χ2n) is 5.47. The van der Waals surface area contributed by atoms with Crippen molar-refractivity contribution in [1.82, 2.24) is 0 Å². The molecule has 0 saturated carbocycles. The molecule has 0 spiro atoms. The molecule has 2 aromatic rings. The molecule has 0 bridgehead atoms. The first-order valence-electron chi connectivity index (χ1n) is 5.98. The standard InChI is InChI=1S/C16H17BrO/c1-16(2,3)13-9-12(10-14(17)15(13)18)11-7-5-4-6-8-11/h4-10,18H,1-3H3. The topological polar surface area (TPSA) is 20.2 Å². The Kier molecular flexibility index (Phi) is 3.49. The number of halogens is 1. The molecule has 0 atom stereocenters. The fourth-order valence-corrected chi connectivity index (χ4v) is 2.43. The third kappa shape index (κ3) is 2.59. The van der Waals surface area contributed by atoms with E-state index in [0.29, 0.717) is 5.75 Å². The van der Waals surface area contributed by atoms with Gasteiger partial charge in [0.15, 0.2) is 0 Å². The van der Waals surface area contributed by atoms with E-state index in [0.717, 1.165) is 21.2 Å². The van der Waals surface area contributed by atoms with Crippen LogP contribution in [0, 0.1) is 0 Å². The fourth-order valence-electron chi connectivity index (χ4n) is 1.97. The molecule has 0 aliphatic carbocycles. The zero-order chi connectivity index (χ0) is 13.3. The number of rotatable bonds is 1. The summed E-state index contributed by atoms with van der Waals surface area (Å²) in [5.74, 6) is 0.335. The minimum Gasteiger partial charge on any atom is -0.506 e. The summed E-state index contributed by atoms with van der Waals surface area (Å²) in [5.41, 5.74) is 3.14. The lowest BCUT2D eigenvalue weighted by Crippen LogP contribution is -2.11. The van der Waals surface area contributed by atoms with Crippen molar-refractivity contribution >= 4 is 15.9 Å². The van der Waals surface area contributed by atoms with Gasteiger partial charge in [-0.25, -0.2) is 0 Å². The van der Waals surface area contributed by atoms with Gasteiger partial charge in [-0.15, -0.1) is 0 Å². The van der Waals surface area contributed by atoms with Gasteiger partial charge in [0.2, 0.25) is 0 Å². The van der Waals surface area contributed by atoms with E-state index in [-0.39, 0.29) is 5.41 Å². The van der Waals surface area contributed by atoms with E-state index in [4.69, 9.17) is 0 Å². The predicted octanol–water partition coefficient (Wildman–Crippen LogP) is 5.12. The van der Waals surface area contributed by atoms with Gasteiger partial charge >= 0.3 is 0 Å². The second-order valence-corrected chi connectivity index (χ2v) is 6.32. The number of aromatic hydroxyl groups is 1. The largest absolute Gasteiger partial charge is 0.506 e. The first-order chi connectivity index (χ1) is 8.39. The van der Waals surface area contributed by atoms with Crippen LogP contribution in [0.15, 0.2) is 46.9 Å². The highest BCUT2D eigenvalue weighted by molar-refractivity contribution is 9.10. The molecule has 0 radical (unpaired) electrons. The second kappa shape index (κ2) is 4.77. The number of hydrogen-bond acceptors (Lipinski definition) is 1. The molecular weight excluding hydrogens is 288 g/mol. The number of phenols is 1. The fraction of sp³-hybridized carbons (Fsp3) is 0.250. The first-order valence-corrected chi connectivity index (χ1v) is 6.77. The van der Waals surface area contributed by atoms with Gasteiger partial charge < -0.3 is 5.11 Å². The average Bonchev–Trinajstić information content (AvgIpc) is 2.32. The smallest absolute Gasteiger partial charge is 0.133 e. The van der Waals surface area contributed by atoms with Crippen LogP contribution in [0.2, 0.25) is 0 Å². The Morgan fingerprint density at radius 1 is 0.944 bits per heavy atom. The summed E-state index contributed by atoms with van der Waals surface area (Å²) in [4.78, 5) is 0. The van der Waals surface area contributed by atoms with Crippen molar-refractivity contribution in [3.8, 4) is 16.9 Å². The molecule has 2 heteroatoms. The van der Waals surface area contributed by atoms with Gasteiger partial charge in [0.05, 0.1) is 4.47 Å². The molecule has 0 saturated heterocycles. The summed E-state index contributed by atoms with van der Waals surface area (Å²) in [7, 11) is 0. The maximum Gasteiger partial charge on any atom is 0.133 e. The van der Waals surface area contributed by atoms with Crippen molar-refractivity contribution in [2.75, 3.05) is 0 Å². The molecule has 1 nitrogen and oxygen atoms in total. The zero-order valence-corrected chi connectivity index (χ0v) is 12.5. The van der Waals surface area contributed by atoms with Gasteiger partial charge in [0, 0.05) is 5.56 Å². The van der Waals surface area contributed by atoms with Crippen LogP contribution in [0.1, 0.15) is 26.3 Å². The molecule has 0 unspecified atom stereocenters. The first kappa shape index (κ1) is 13.2. The van der Waals surface area contributed by atoms with Crippen LogP contribution in [0.5, 0.6) is 5.75 Å². The van der Waals surface area contributed by atoms with Crippen LogP contribution in [0.3, 0.4) is 0 Å². The molecule has 2 rings (SSSR count). The highest BCUT2D eigenvalue weighted by Crippen LogP contribution is 2.39. The number of hydrogen-bond donors (Lipinski definition) is 1. The van der Waals surface area contributed by atoms with Crippen molar-refractivity contribution in [1.29, 1.82) is 0 Å². The van der Waals surface area contributed by atoms with E-state index in [9.17, 15) is 5.11 Å². The van der Waals surface area contributed by atoms with Crippen LogP contribution >= 0.6 is 15.9 Å². The van der Waals surface area contributed by atoms with Gasteiger partial charge in [-0.1, -0.05) is 51.1 Å². The van der Waals surface area contributed by atoms with Crippen molar-refractivity contribution in [2.24, 2.45) is 0 Å². The molecule has 0 heterocycles. The lowest BCUT2D eigenvalue weighted by molar-refractivity contribution is 0.444. The molecule has 2 aromatic carbocycles. The van der Waals surface area contributed by atoms with Crippen LogP contribution < -0.4 is 0 Å². The summed E-state index contributed by atoms with van der Waals surface area (Å²) in [6, 6.07) is 14.2. The lowest BCUT2D eigenvalue weighted by Gasteiger charge is -2.22. The normalized spacial score (nSPS) is 11.6. The van der Waals surface area contributed by atoms with Crippen LogP contribution in [-0.2, 0) is 5.41 Å². The molecular formula is C16H17BrO. The molecule has 18 heavy (non-hydrogen) atoms. The summed E-state index contributed by atoms with van der Waals surface area (Å²) < 4.78 is 0.744. The third-order valence-electron chi connectivity index (χ3n) is 2.98. The Balaban J connectivity index is 2.62. The number of benzene rings is 2. The maximum atomic E-state index is 10.2. The molecule has 0 amide bonds. The lowest BCUT2D eigenvalue weighted by atomic mass is 9.84. The van der Waals surface area contributed by atoms with Crippen molar-refractivity contribution in [3.63, 3.8) is 0 Å². The monoisotopic (exact) mass is 304 g/mol. The highest BCUT2D eigenvalue weighted by atomic mass is 79.9. The van der Waals surface area contributed by atoms with E-state index >= 15 is 0 Å². The van der Waals surface area contributed by atoms with Gasteiger partial charge in [-0.3, -0.25) is 0 Å². The molecule has 0 fully saturated rings. The molecule has 0 aromatic heterocycles. The Labute approximate surface area is 117 Å². The Hall–Kier alpha value is -1.28. The summed E-state index contributed by atoms with van der Waals surface area (Å²) >= 11 is 3.44. The summed E-state index contributed by atoms with van der Waals surface area (Å²) in [5, 5.41) is 10.2. The Morgan fingerprint density at radius 3 is 2.11 bits per heavy atom. The van der Waals surface area contributed by atoms with Crippen molar-refractivity contribution in [2.45, 2.75) is 26.2 Å². The molecule has 94 valence electrons. The average molecular weight is 305 g/mol. The van der Waals surface area contributed by atoms with Crippen LogP contribution in [0.4, 0.5) is 0 Å². The quantitative estimate of drug-likeness (QED) is 0.775. The van der Waals surface area contributed by atoms with Crippen LogP contribution in [-0.4, -0.2) is 5.11 Å². The predicted molar refractivity (Wildman–Crippen MR) is 79.9 cm³/mol. The molecule has 1 N–H and O–H groups in total. The zero-order valence-electron chi connectivity index (χ0n) is 10.9. The molecule has 0 aliphatic heterocycles. The van der Waals surface area contributed by atoms with Crippen LogP contribution in [0.25, 0.3) is 11.1 Å². The van der Waals surface area contributed by atoms with E-state index in [1.54, 1.807) is 0 Å². The van der Waals surface area contributed by atoms with Gasteiger partial charge in [0.25, 0.3) is 0 Å². The van der Waals surface area contributed by atoms with E-state index in [1.165, 1.54) is 0 Å². The maximum absolute atomic E-state index is 10.2. The van der Waals surface area contributed by atoms with Gasteiger partial charge in [0.1, 0.15) is 5.75 Å². The van der Waals surface area contributed by atoms with Gasteiger partial charge in [-0.2, -0.15) is 0 Å². The summed E-state index contributed by atoms with van der Waals surface area (Å²) in [6.07, 6.45) is 0. The third-order valence-corrected chi connectivity index (χ3v) is 3.58. The number of phenolic OH excluding ortho intramolecular Hbond substituents is 1. The summed E-state index contributed by atoms with van der Waals surface area (Å²) in [6.45, 7) is 6.30. The van der Waals surface area contributed by atoms with E-state index < -0.39 is 0 Å². The minimum atomic E-state index is -0.0859. The van der Waals surface area contributed by atoms with E-state index in [2.05, 4.69) is 54.9 Å². The van der Waals surface area contributed by atoms with Gasteiger partial charge in [-0.05, 0) is 44.6 Å². The van der Waals surface area contributed by atoms with Crippen molar-refractivity contribution in [3.05, 3.63) is 52.5 Å². The molecule has 0 aliphatic rings. The Morgan fingerprint density at radius 2 is 1.56 bits per heavy atom. The highest BCUT2D eigenvalue weighted by Gasteiger charge is 2.20.